The average molecular weight is 178 g/mol. The molecule has 1 aromatic heterocycles. The first kappa shape index (κ1) is 9.51. The molecule has 0 bridgehead atoms. The first-order chi connectivity index (χ1) is 6.19. The van der Waals surface area contributed by atoms with E-state index >= 15 is 0 Å². The summed E-state index contributed by atoms with van der Waals surface area (Å²) in [5.74, 6) is 0.238. The van der Waals surface area contributed by atoms with Crippen LogP contribution in [0.5, 0.6) is 5.88 Å². The third-order valence-electron chi connectivity index (χ3n) is 1.52. The van der Waals surface area contributed by atoms with Crippen LogP contribution in [0.4, 0.5) is 0 Å². The standard InChI is InChI=1S/C7H7BN2O3/c1-13-7-2-6(8(11)12)5(3-9)4-10-7/h2,4,11-12H,1H3. The summed E-state index contributed by atoms with van der Waals surface area (Å²) in [6.07, 6.45) is 1.23. The highest BCUT2D eigenvalue weighted by Gasteiger charge is 2.17. The van der Waals surface area contributed by atoms with Crippen molar-refractivity contribution in [1.82, 2.24) is 4.98 Å². The third kappa shape index (κ3) is 1.96. The fourth-order valence-corrected chi connectivity index (χ4v) is 0.869. The number of nitrogens with zero attached hydrogens (tertiary/aromatic N) is 2. The van der Waals surface area contributed by atoms with Crippen molar-refractivity contribution in [1.29, 1.82) is 5.26 Å². The van der Waals surface area contributed by atoms with Crippen molar-refractivity contribution >= 4 is 12.6 Å². The van der Waals surface area contributed by atoms with Crippen LogP contribution in [0.25, 0.3) is 0 Å². The Bertz CT molecular complexity index is 348. The van der Waals surface area contributed by atoms with E-state index in [1.165, 1.54) is 19.4 Å². The maximum absolute atomic E-state index is 8.88. The van der Waals surface area contributed by atoms with E-state index in [0.717, 1.165) is 0 Å². The highest BCUT2D eigenvalue weighted by molar-refractivity contribution is 6.59. The summed E-state index contributed by atoms with van der Waals surface area (Å²) in [5.41, 5.74) is 0.213. The molecule has 6 heteroatoms. The minimum absolute atomic E-state index is 0.0920. The molecule has 0 aromatic carbocycles. The van der Waals surface area contributed by atoms with E-state index in [-0.39, 0.29) is 16.9 Å². The molecule has 66 valence electrons. The number of aromatic nitrogens is 1. The molecule has 5 nitrogen and oxygen atoms in total. The number of methoxy groups -OCH3 is 1. The van der Waals surface area contributed by atoms with E-state index in [4.69, 9.17) is 20.0 Å². The summed E-state index contributed by atoms with van der Waals surface area (Å²) in [5, 5.41) is 26.3. The van der Waals surface area contributed by atoms with E-state index in [0.29, 0.717) is 0 Å². The molecule has 2 N–H and O–H groups in total. The van der Waals surface area contributed by atoms with Crippen LogP contribution in [0.2, 0.25) is 0 Å². The number of hydrogen-bond donors (Lipinski definition) is 2. The summed E-state index contributed by atoms with van der Waals surface area (Å²) >= 11 is 0. The smallest absolute Gasteiger partial charge is 0.481 e. The summed E-state index contributed by atoms with van der Waals surface area (Å²) in [7, 11) is -0.284. The summed E-state index contributed by atoms with van der Waals surface area (Å²) in [4.78, 5) is 3.74. The van der Waals surface area contributed by atoms with Crippen LogP contribution in [0, 0.1) is 11.3 Å². The monoisotopic (exact) mass is 178 g/mol. The Balaban J connectivity index is 3.20. The summed E-state index contributed by atoms with van der Waals surface area (Å²) in [6.45, 7) is 0. The van der Waals surface area contributed by atoms with Crippen molar-refractivity contribution < 1.29 is 14.8 Å². The molecule has 1 rings (SSSR count). The van der Waals surface area contributed by atoms with Crippen LogP contribution < -0.4 is 10.2 Å². The molecule has 0 radical (unpaired) electrons. The zero-order valence-electron chi connectivity index (χ0n) is 6.93. The van der Waals surface area contributed by atoms with E-state index in [1.807, 2.05) is 0 Å². The molecule has 0 fully saturated rings. The minimum Gasteiger partial charge on any atom is -0.481 e. The molecule has 1 aromatic rings. The molecule has 13 heavy (non-hydrogen) atoms. The second-order valence-electron chi connectivity index (χ2n) is 2.30. The van der Waals surface area contributed by atoms with Crippen molar-refractivity contribution in [2.45, 2.75) is 0 Å². The summed E-state index contributed by atoms with van der Waals surface area (Å²) in [6, 6.07) is 3.10. The van der Waals surface area contributed by atoms with Gasteiger partial charge in [-0.25, -0.2) is 4.98 Å². The number of pyridine rings is 1. The number of nitriles is 1. The Hall–Kier alpha value is -1.58. The third-order valence-corrected chi connectivity index (χ3v) is 1.52. The topological polar surface area (TPSA) is 86.4 Å². The normalized spacial score (nSPS) is 9.08. The van der Waals surface area contributed by atoms with Crippen LogP contribution in [-0.2, 0) is 0 Å². The van der Waals surface area contributed by atoms with Gasteiger partial charge in [0.15, 0.2) is 0 Å². The zero-order chi connectivity index (χ0) is 9.84. The van der Waals surface area contributed by atoms with Crippen molar-refractivity contribution in [3.63, 3.8) is 0 Å². The quantitative estimate of drug-likeness (QED) is 0.546. The Labute approximate surface area is 75.4 Å². The van der Waals surface area contributed by atoms with Crippen LogP contribution >= 0.6 is 0 Å². The highest BCUT2D eigenvalue weighted by Crippen LogP contribution is 2.04. The molecule has 0 amide bonds. The predicted octanol–water partition coefficient (Wildman–Crippen LogP) is -1.36. The van der Waals surface area contributed by atoms with Gasteiger partial charge >= 0.3 is 7.12 Å². The van der Waals surface area contributed by atoms with Crippen LogP contribution in [0.15, 0.2) is 12.3 Å². The highest BCUT2D eigenvalue weighted by atomic mass is 16.5. The molecular formula is C7H7BN2O3. The van der Waals surface area contributed by atoms with Crippen molar-refractivity contribution in [2.24, 2.45) is 0 Å². The van der Waals surface area contributed by atoms with Crippen molar-refractivity contribution in [2.75, 3.05) is 7.11 Å². The molecule has 0 aliphatic carbocycles. The van der Waals surface area contributed by atoms with Gasteiger partial charge in [0.25, 0.3) is 0 Å². The van der Waals surface area contributed by atoms with Crippen LogP contribution in [0.1, 0.15) is 5.56 Å². The van der Waals surface area contributed by atoms with E-state index in [9.17, 15) is 0 Å². The molecule has 0 aliphatic heterocycles. The minimum atomic E-state index is -1.69. The van der Waals surface area contributed by atoms with Gasteiger partial charge in [-0.3, -0.25) is 0 Å². The van der Waals surface area contributed by atoms with Crippen LogP contribution in [-0.4, -0.2) is 29.3 Å². The second-order valence-corrected chi connectivity index (χ2v) is 2.30. The molecule has 1 heterocycles. The Morgan fingerprint density at radius 3 is 2.77 bits per heavy atom. The van der Waals surface area contributed by atoms with Gasteiger partial charge in [-0.15, -0.1) is 0 Å². The van der Waals surface area contributed by atoms with Gasteiger partial charge in [0, 0.05) is 17.7 Å². The van der Waals surface area contributed by atoms with Crippen molar-refractivity contribution in [3.8, 4) is 11.9 Å². The van der Waals surface area contributed by atoms with E-state index < -0.39 is 7.12 Å². The lowest BCUT2D eigenvalue weighted by atomic mass is 9.78. The Morgan fingerprint density at radius 2 is 2.31 bits per heavy atom. The zero-order valence-corrected chi connectivity index (χ0v) is 6.93. The Kier molecular flexibility index (Phi) is 2.85. The lowest BCUT2D eigenvalue weighted by molar-refractivity contribution is 0.396. The van der Waals surface area contributed by atoms with E-state index in [1.54, 1.807) is 6.07 Å². The van der Waals surface area contributed by atoms with Gasteiger partial charge in [-0.05, 0) is 0 Å². The summed E-state index contributed by atoms with van der Waals surface area (Å²) < 4.78 is 4.76. The van der Waals surface area contributed by atoms with Crippen LogP contribution in [0.3, 0.4) is 0 Å². The van der Waals surface area contributed by atoms with Gasteiger partial charge in [0.1, 0.15) is 6.07 Å². The maximum Gasteiger partial charge on any atom is 0.490 e. The molecule has 0 unspecified atom stereocenters. The molecule has 0 saturated heterocycles. The first-order valence-corrected chi connectivity index (χ1v) is 3.49. The molecule has 0 saturated carbocycles. The first-order valence-electron chi connectivity index (χ1n) is 3.49. The number of rotatable bonds is 2. The van der Waals surface area contributed by atoms with Gasteiger partial charge in [0.2, 0.25) is 5.88 Å². The Morgan fingerprint density at radius 1 is 1.62 bits per heavy atom. The van der Waals surface area contributed by atoms with E-state index in [2.05, 4.69) is 4.98 Å². The number of hydrogen-bond acceptors (Lipinski definition) is 5. The predicted molar refractivity (Wildman–Crippen MR) is 45.3 cm³/mol. The van der Waals surface area contributed by atoms with Crippen molar-refractivity contribution in [3.05, 3.63) is 17.8 Å². The fraction of sp³-hybridized carbons (Fsp3) is 0.143. The maximum atomic E-state index is 8.88. The lowest BCUT2D eigenvalue weighted by Crippen LogP contribution is -2.32. The lowest BCUT2D eigenvalue weighted by Gasteiger charge is -2.03. The largest absolute Gasteiger partial charge is 0.490 e. The average Bonchev–Trinajstić information content (AvgIpc) is 2.16. The SMILES string of the molecule is COc1cc(B(O)O)c(C#N)cn1. The molecule has 0 aliphatic rings. The van der Waals surface area contributed by atoms with Gasteiger partial charge < -0.3 is 14.8 Å². The number of ether oxygens (including phenoxy) is 1. The van der Waals surface area contributed by atoms with Gasteiger partial charge in [-0.1, -0.05) is 0 Å². The molecule has 0 spiro atoms. The fourth-order valence-electron chi connectivity index (χ4n) is 0.869. The van der Waals surface area contributed by atoms with Gasteiger partial charge in [0.05, 0.1) is 12.7 Å². The molecule has 0 atom stereocenters. The molecular weight excluding hydrogens is 171 g/mol. The van der Waals surface area contributed by atoms with Gasteiger partial charge in [-0.2, -0.15) is 5.26 Å². The second kappa shape index (κ2) is 3.89.